The van der Waals surface area contributed by atoms with Crippen LogP contribution < -0.4 is 0 Å². The van der Waals surface area contributed by atoms with Gasteiger partial charge in [-0.25, -0.2) is 0 Å². The molecular formula is C10H14OS2. The number of rotatable bonds is 2. The van der Waals surface area contributed by atoms with E-state index in [4.69, 9.17) is 0 Å². The average molecular weight is 214 g/mol. The first-order valence-electron chi connectivity index (χ1n) is 4.59. The lowest BCUT2D eigenvalue weighted by Gasteiger charge is -2.16. The van der Waals surface area contributed by atoms with Crippen LogP contribution >= 0.6 is 23.1 Å². The van der Waals surface area contributed by atoms with Gasteiger partial charge in [0, 0.05) is 4.88 Å². The van der Waals surface area contributed by atoms with Crippen molar-refractivity contribution in [2.75, 3.05) is 11.5 Å². The number of aliphatic hydroxyl groups excluding tert-OH is 1. The van der Waals surface area contributed by atoms with Crippen LogP contribution in [0.1, 0.15) is 23.0 Å². The molecule has 0 amide bonds. The minimum absolute atomic E-state index is 0.213. The van der Waals surface area contributed by atoms with Gasteiger partial charge in [-0.1, -0.05) is 0 Å². The molecule has 1 aliphatic heterocycles. The largest absolute Gasteiger partial charge is 0.387 e. The molecule has 2 rings (SSSR count). The average Bonchev–Trinajstić information content (AvgIpc) is 2.72. The zero-order valence-corrected chi connectivity index (χ0v) is 9.33. The van der Waals surface area contributed by atoms with Gasteiger partial charge in [0.15, 0.2) is 0 Å². The molecule has 1 fully saturated rings. The Morgan fingerprint density at radius 2 is 2.46 bits per heavy atom. The summed E-state index contributed by atoms with van der Waals surface area (Å²) in [5.74, 6) is 2.83. The quantitative estimate of drug-likeness (QED) is 0.817. The summed E-state index contributed by atoms with van der Waals surface area (Å²) in [6.45, 7) is 2.08. The monoisotopic (exact) mass is 214 g/mol. The molecule has 0 bridgehead atoms. The molecule has 13 heavy (non-hydrogen) atoms. The Balaban J connectivity index is 2.12. The van der Waals surface area contributed by atoms with Crippen LogP contribution in [0.4, 0.5) is 0 Å². The lowest BCUT2D eigenvalue weighted by molar-refractivity contribution is 0.124. The lowest BCUT2D eigenvalue weighted by atomic mass is 9.99. The maximum atomic E-state index is 10.1. The van der Waals surface area contributed by atoms with E-state index in [-0.39, 0.29) is 6.10 Å². The predicted octanol–water partition coefficient (Wildman–Crippen LogP) is 2.84. The highest BCUT2D eigenvalue weighted by Gasteiger charge is 2.26. The molecule has 0 aromatic carbocycles. The fourth-order valence-corrected chi connectivity index (χ4v) is 4.00. The number of hydrogen-bond donors (Lipinski definition) is 1. The van der Waals surface area contributed by atoms with Gasteiger partial charge in [0.05, 0.1) is 6.10 Å². The maximum absolute atomic E-state index is 10.1. The third-order valence-electron chi connectivity index (χ3n) is 2.58. The van der Waals surface area contributed by atoms with E-state index in [1.165, 1.54) is 22.6 Å². The normalized spacial score (nSPS) is 24.9. The number of thiophene rings is 1. The second kappa shape index (κ2) is 4.03. The third-order valence-corrected chi connectivity index (χ3v) is 4.86. The van der Waals surface area contributed by atoms with Gasteiger partial charge in [-0.2, -0.15) is 11.8 Å². The van der Waals surface area contributed by atoms with Gasteiger partial charge in [-0.15, -0.1) is 11.3 Å². The molecule has 2 heterocycles. The fourth-order valence-electron chi connectivity index (χ4n) is 1.70. The highest BCUT2D eigenvalue weighted by Crippen LogP contribution is 2.37. The van der Waals surface area contributed by atoms with Crippen LogP contribution in [-0.2, 0) is 0 Å². The van der Waals surface area contributed by atoms with Gasteiger partial charge in [0.25, 0.3) is 0 Å². The zero-order chi connectivity index (χ0) is 9.26. The first-order valence-corrected chi connectivity index (χ1v) is 6.62. The molecule has 1 aromatic rings. The third kappa shape index (κ3) is 1.92. The Morgan fingerprint density at radius 1 is 1.62 bits per heavy atom. The number of thioether (sulfide) groups is 1. The van der Waals surface area contributed by atoms with E-state index in [2.05, 4.69) is 18.4 Å². The Bertz CT molecular complexity index is 276. The smallest absolute Gasteiger partial charge is 0.0920 e. The molecule has 0 saturated carbocycles. The highest BCUT2D eigenvalue weighted by atomic mass is 32.2. The molecule has 2 unspecified atom stereocenters. The molecule has 1 saturated heterocycles. The molecule has 0 radical (unpaired) electrons. The van der Waals surface area contributed by atoms with Crippen molar-refractivity contribution in [3.8, 4) is 0 Å². The van der Waals surface area contributed by atoms with Crippen LogP contribution in [0.2, 0.25) is 0 Å². The van der Waals surface area contributed by atoms with Crippen molar-refractivity contribution in [2.45, 2.75) is 19.4 Å². The summed E-state index contributed by atoms with van der Waals surface area (Å²) in [5, 5.41) is 12.2. The number of aryl methyl sites for hydroxylation is 1. The molecule has 72 valence electrons. The van der Waals surface area contributed by atoms with Crippen molar-refractivity contribution in [3.63, 3.8) is 0 Å². The minimum atomic E-state index is -0.213. The molecule has 0 spiro atoms. The van der Waals surface area contributed by atoms with E-state index in [1.807, 2.05) is 11.8 Å². The number of hydrogen-bond acceptors (Lipinski definition) is 3. The molecule has 1 aromatic heterocycles. The van der Waals surface area contributed by atoms with Crippen LogP contribution in [0, 0.1) is 12.8 Å². The highest BCUT2D eigenvalue weighted by molar-refractivity contribution is 7.99. The maximum Gasteiger partial charge on any atom is 0.0920 e. The van der Waals surface area contributed by atoms with Crippen LogP contribution in [0.25, 0.3) is 0 Å². The molecule has 1 N–H and O–H groups in total. The Kier molecular flexibility index (Phi) is 2.96. The Labute approximate surface area is 87.2 Å². The molecule has 3 heteroatoms. The van der Waals surface area contributed by atoms with E-state index < -0.39 is 0 Å². The van der Waals surface area contributed by atoms with Crippen molar-refractivity contribution in [1.82, 2.24) is 0 Å². The summed E-state index contributed by atoms with van der Waals surface area (Å²) in [6.07, 6.45) is 0.957. The zero-order valence-electron chi connectivity index (χ0n) is 7.69. The van der Waals surface area contributed by atoms with E-state index >= 15 is 0 Å². The summed E-state index contributed by atoms with van der Waals surface area (Å²) >= 11 is 3.64. The summed E-state index contributed by atoms with van der Waals surface area (Å²) in [7, 11) is 0. The van der Waals surface area contributed by atoms with Crippen molar-refractivity contribution < 1.29 is 5.11 Å². The second-order valence-corrected chi connectivity index (χ2v) is 5.63. The first-order chi connectivity index (χ1) is 6.29. The fraction of sp³-hybridized carbons (Fsp3) is 0.600. The molecule has 0 aliphatic carbocycles. The van der Waals surface area contributed by atoms with Crippen LogP contribution in [0.15, 0.2) is 11.4 Å². The topological polar surface area (TPSA) is 20.2 Å². The summed E-state index contributed by atoms with van der Waals surface area (Å²) in [6, 6.07) is 2.09. The van der Waals surface area contributed by atoms with E-state index in [1.54, 1.807) is 11.3 Å². The first kappa shape index (κ1) is 9.56. The van der Waals surface area contributed by atoms with E-state index in [0.29, 0.717) is 5.92 Å². The van der Waals surface area contributed by atoms with Crippen LogP contribution in [0.5, 0.6) is 0 Å². The van der Waals surface area contributed by atoms with Crippen LogP contribution in [-0.4, -0.2) is 16.6 Å². The van der Waals surface area contributed by atoms with Crippen molar-refractivity contribution in [1.29, 1.82) is 0 Å². The van der Waals surface area contributed by atoms with Gasteiger partial charge in [0.1, 0.15) is 0 Å². The van der Waals surface area contributed by atoms with Gasteiger partial charge >= 0.3 is 0 Å². The minimum Gasteiger partial charge on any atom is -0.387 e. The van der Waals surface area contributed by atoms with Crippen molar-refractivity contribution >= 4 is 23.1 Å². The number of aliphatic hydroxyl groups is 1. The molecular weight excluding hydrogens is 200 g/mol. The summed E-state index contributed by atoms with van der Waals surface area (Å²) in [4.78, 5) is 1.17. The standard InChI is InChI=1S/C10H14OS2/c1-7-2-5-13-10(7)9(11)8-3-4-12-6-8/h2,5,8-9,11H,3-4,6H2,1H3. The van der Waals surface area contributed by atoms with Gasteiger partial charge < -0.3 is 5.11 Å². The predicted molar refractivity (Wildman–Crippen MR) is 59.4 cm³/mol. The van der Waals surface area contributed by atoms with Crippen molar-refractivity contribution in [2.24, 2.45) is 5.92 Å². The van der Waals surface area contributed by atoms with Crippen molar-refractivity contribution in [3.05, 3.63) is 21.9 Å². The second-order valence-electron chi connectivity index (χ2n) is 3.54. The van der Waals surface area contributed by atoms with Gasteiger partial charge in [0.2, 0.25) is 0 Å². The molecule has 2 atom stereocenters. The SMILES string of the molecule is Cc1ccsc1C(O)C1CCSC1. The Morgan fingerprint density at radius 3 is 3.00 bits per heavy atom. The van der Waals surface area contributed by atoms with E-state index in [9.17, 15) is 5.11 Å². The van der Waals surface area contributed by atoms with Crippen LogP contribution in [0.3, 0.4) is 0 Å². The summed E-state index contributed by atoms with van der Waals surface area (Å²) in [5.41, 5.74) is 1.24. The molecule has 1 nitrogen and oxygen atoms in total. The Hall–Kier alpha value is 0.01000. The molecule has 1 aliphatic rings. The summed E-state index contributed by atoms with van der Waals surface area (Å²) < 4.78 is 0. The van der Waals surface area contributed by atoms with E-state index in [0.717, 1.165) is 5.75 Å². The lowest BCUT2D eigenvalue weighted by Crippen LogP contribution is -2.11. The van der Waals surface area contributed by atoms with Gasteiger partial charge in [-0.05, 0) is 47.8 Å². The van der Waals surface area contributed by atoms with Gasteiger partial charge in [-0.3, -0.25) is 0 Å².